The van der Waals surface area contributed by atoms with Gasteiger partial charge in [0.05, 0.1) is 16.0 Å². The number of thiazole rings is 1. The van der Waals surface area contributed by atoms with Crippen molar-refractivity contribution >= 4 is 43.1 Å². The first kappa shape index (κ1) is 25.1. The monoisotopic (exact) mass is 527 g/mol. The number of benzene rings is 1. The minimum absolute atomic E-state index is 0.129. The molecule has 0 aliphatic carbocycles. The summed E-state index contributed by atoms with van der Waals surface area (Å²) >= 11 is 1.58. The zero-order chi connectivity index (χ0) is 25.3. The molecule has 1 saturated heterocycles. The summed E-state index contributed by atoms with van der Waals surface area (Å²) in [6.45, 7) is 8.61. The predicted octanol–water partition coefficient (Wildman–Crippen LogP) is 4.58. The fourth-order valence-electron chi connectivity index (χ4n) is 4.87. The summed E-state index contributed by atoms with van der Waals surface area (Å²) in [5, 5.41) is 0.706. The van der Waals surface area contributed by atoms with Gasteiger partial charge in [0.2, 0.25) is 16.0 Å². The van der Waals surface area contributed by atoms with Gasteiger partial charge in [-0.15, -0.1) is 0 Å². The predicted molar refractivity (Wildman–Crippen MR) is 145 cm³/mol. The molecule has 0 atom stereocenters. The molecule has 1 fully saturated rings. The van der Waals surface area contributed by atoms with Crippen molar-refractivity contribution in [2.75, 3.05) is 36.8 Å². The first-order valence-electron chi connectivity index (χ1n) is 12.6. The molecule has 8 nitrogen and oxygen atoms in total. The lowest BCUT2D eigenvalue weighted by atomic mass is 10.0. The Kier molecular flexibility index (Phi) is 7.28. The van der Waals surface area contributed by atoms with Crippen molar-refractivity contribution in [2.45, 2.75) is 52.6 Å². The zero-order valence-corrected chi connectivity index (χ0v) is 22.7. The van der Waals surface area contributed by atoms with E-state index < -0.39 is 10.0 Å². The number of hydrogen-bond donors (Lipinski definition) is 0. The molecule has 0 amide bonds. The number of sulfonamides is 1. The Balaban J connectivity index is 1.22. The highest BCUT2D eigenvalue weighted by atomic mass is 32.2. The third-order valence-corrected chi connectivity index (χ3v) is 9.68. The van der Waals surface area contributed by atoms with Crippen molar-refractivity contribution in [1.82, 2.24) is 19.3 Å². The van der Waals surface area contributed by atoms with Crippen molar-refractivity contribution in [2.24, 2.45) is 0 Å². The maximum Gasteiger partial charge on any atom is 0.274 e. The lowest BCUT2D eigenvalue weighted by molar-refractivity contribution is 0.170. The van der Waals surface area contributed by atoms with E-state index in [4.69, 9.17) is 9.72 Å². The summed E-state index contributed by atoms with van der Waals surface area (Å²) in [5.41, 5.74) is 5.24. The van der Waals surface area contributed by atoms with Gasteiger partial charge in [0.25, 0.3) is 5.19 Å². The molecular weight excluding hydrogens is 494 g/mol. The topological polar surface area (TPSA) is 88.5 Å². The molecule has 0 N–H and O–H groups in total. The Hall–Kier alpha value is -2.56. The standard InChI is InChI=1S/C26H33N5O3S2/c1-4-15-36(32,33)31-13-7-20(8-14-31)21-5-6-23-24(17-21)35-26(29-23)34-22-9-11-30(12-10-22)25-27-18(2)16-19(3)28-25/h5-7,16-17,22H,4,8-15H2,1-3H3. The molecule has 192 valence electrons. The number of hydrogen-bond acceptors (Lipinski definition) is 8. The molecule has 2 aliphatic rings. The molecule has 5 rings (SSSR count). The van der Waals surface area contributed by atoms with Crippen molar-refractivity contribution in [1.29, 1.82) is 0 Å². The van der Waals surface area contributed by atoms with Crippen LogP contribution in [0.1, 0.15) is 49.6 Å². The second-order valence-electron chi connectivity index (χ2n) is 9.57. The van der Waals surface area contributed by atoms with Gasteiger partial charge in [0.15, 0.2) is 0 Å². The van der Waals surface area contributed by atoms with Crippen molar-refractivity contribution in [3.63, 3.8) is 0 Å². The number of aromatic nitrogens is 3. The van der Waals surface area contributed by atoms with Crippen LogP contribution in [0.2, 0.25) is 0 Å². The highest BCUT2D eigenvalue weighted by Gasteiger charge is 2.25. The van der Waals surface area contributed by atoms with Gasteiger partial charge in [-0.25, -0.2) is 23.4 Å². The number of aryl methyl sites for hydroxylation is 2. The molecule has 2 aromatic heterocycles. The highest BCUT2D eigenvalue weighted by molar-refractivity contribution is 7.89. The molecule has 0 unspecified atom stereocenters. The molecule has 3 aromatic rings. The van der Waals surface area contributed by atoms with E-state index in [0.29, 0.717) is 24.7 Å². The van der Waals surface area contributed by atoms with Gasteiger partial charge in [-0.05, 0) is 56.0 Å². The van der Waals surface area contributed by atoms with E-state index in [0.717, 1.165) is 65.5 Å². The van der Waals surface area contributed by atoms with Crippen LogP contribution in [-0.4, -0.2) is 65.7 Å². The number of ether oxygens (including phenoxy) is 1. The Bertz CT molecular complexity index is 1360. The van der Waals surface area contributed by atoms with Gasteiger partial charge in [0.1, 0.15) is 6.10 Å². The lowest BCUT2D eigenvalue weighted by Crippen LogP contribution is -2.39. The summed E-state index contributed by atoms with van der Waals surface area (Å²) in [5.74, 6) is 1.02. The van der Waals surface area contributed by atoms with E-state index in [9.17, 15) is 8.42 Å². The van der Waals surface area contributed by atoms with E-state index in [2.05, 4.69) is 27.0 Å². The second kappa shape index (κ2) is 10.4. The van der Waals surface area contributed by atoms with Gasteiger partial charge in [0, 0.05) is 50.4 Å². The third-order valence-electron chi connectivity index (χ3n) is 6.73. The minimum Gasteiger partial charge on any atom is -0.467 e. The zero-order valence-electron chi connectivity index (χ0n) is 21.1. The van der Waals surface area contributed by atoms with E-state index in [1.165, 1.54) is 5.57 Å². The number of fused-ring (bicyclic) bond motifs is 1. The van der Waals surface area contributed by atoms with Crippen LogP contribution in [0.15, 0.2) is 30.3 Å². The Labute approximate surface area is 217 Å². The average molecular weight is 528 g/mol. The fourth-order valence-corrected chi connectivity index (χ4v) is 7.24. The van der Waals surface area contributed by atoms with E-state index in [-0.39, 0.29) is 11.9 Å². The molecule has 0 radical (unpaired) electrons. The molecule has 0 bridgehead atoms. The van der Waals surface area contributed by atoms with E-state index >= 15 is 0 Å². The molecule has 10 heteroatoms. The first-order valence-corrected chi connectivity index (χ1v) is 15.0. The van der Waals surface area contributed by atoms with Crippen LogP contribution in [0.5, 0.6) is 5.19 Å². The summed E-state index contributed by atoms with van der Waals surface area (Å²) in [7, 11) is -3.15. The van der Waals surface area contributed by atoms with E-state index in [1.807, 2.05) is 39.0 Å². The molecular formula is C26H33N5O3S2. The minimum atomic E-state index is -3.15. The van der Waals surface area contributed by atoms with Crippen LogP contribution in [0, 0.1) is 13.8 Å². The van der Waals surface area contributed by atoms with Crippen LogP contribution in [-0.2, 0) is 10.0 Å². The van der Waals surface area contributed by atoms with Gasteiger partial charge in [-0.2, -0.15) is 4.31 Å². The summed E-state index contributed by atoms with van der Waals surface area (Å²) in [6.07, 6.45) is 5.35. The third kappa shape index (κ3) is 5.55. The molecule has 0 spiro atoms. The van der Waals surface area contributed by atoms with E-state index in [1.54, 1.807) is 15.6 Å². The summed E-state index contributed by atoms with van der Waals surface area (Å²) in [6, 6.07) is 8.27. The Morgan fingerprint density at radius 3 is 2.47 bits per heavy atom. The van der Waals surface area contributed by atoms with Crippen LogP contribution in [0.3, 0.4) is 0 Å². The van der Waals surface area contributed by atoms with Gasteiger partial charge < -0.3 is 9.64 Å². The summed E-state index contributed by atoms with van der Waals surface area (Å²) < 4.78 is 33.7. The Morgan fingerprint density at radius 2 is 1.81 bits per heavy atom. The highest BCUT2D eigenvalue weighted by Crippen LogP contribution is 2.33. The van der Waals surface area contributed by atoms with Crippen molar-refractivity contribution in [3.8, 4) is 5.19 Å². The van der Waals surface area contributed by atoms with Crippen LogP contribution >= 0.6 is 11.3 Å². The maximum absolute atomic E-state index is 12.4. The Morgan fingerprint density at radius 1 is 1.06 bits per heavy atom. The normalized spacial score (nSPS) is 18.0. The lowest BCUT2D eigenvalue weighted by Gasteiger charge is -2.31. The second-order valence-corrected chi connectivity index (χ2v) is 12.7. The van der Waals surface area contributed by atoms with Gasteiger partial charge in [-0.3, -0.25) is 0 Å². The van der Waals surface area contributed by atoms with Crippen molar-refractivity contribution < 1.29 is 13.2 Å². The molecule has 36 heavy (non-hydrogen) atoms. The smallest absolute Gasteiger partial charge is 0.274 e. The SMILES string of the molecule is CCCS(=O)(=O)N1CC=C(c2ccc3nc(OC4CCN(c5nc(C)cc(C)n5)CC4)sc3c2)CC1. The molecule has 4 heterocycles. The molecule has 0 saturated carbocycles. The fraction of sp³-hybridized carbons (Fsp3) is 0.500. The van der Waals surface area contributed by atoms with Crippen molar-refractivity contribution in [3.05, 3.63) is 47.3 Å². The molecule has 2 aliphatic heterocycles. The summed E-state index contributed by atoms with van der Waals surface area (Å²) in [4.78, 5) is 16.1. The number of anilines is 1. The van der Waals surface area contributed by atoms with Gasteiger partial charge in [-0.1, -0.05) is 30.4 Å². The quantitative estimate of drug-likeness (QED) is 0.444. The largest absolute Gasteiger partial charge is 0.467 e. The molecule has 1 aromatic carbocycles. The first-order chi connectivity index (χ1) is 17.3. The average Bonchev–Trinajstić information content (AvgIpc) is 3.25. The van der Waals surface area contributed by atoms with Crippen LogP contribution in [0.4, 0.5) is 5.95 Å². The van der Waals surface area contributed by atoms with Crippen LogP contribution < -0.4 is 9.64 Å². The maximum atomic E-state index is 12.4. The number of nitrogens with zero attached hydrogens (tertiary/aromatic N) is 5. The number of piperidine rings is 1. The van der Waals surface area contributed by atoms with Crippen LogP contribution in [0.25, 0.3) is 15.8 Å². The number of rotatable bonds is 7. The van der Waals surface area contributed by atoms with Gasteiger partial charge >= 0.3 is 0 Å².